The summed E-state index contributed by atoms with van der Waals surface area (Å²) in [7, 11) is -1.64. The minimum absolute atomic E-state index is 0.131. The van der Waals surface area contributed by atoms with Crippen molar-refractivity contribution >= 4 is 15.8 Å². The summed E-state index contributed by atoms with van der Waals surface area (Å²) in [6.45, 7) is 2.12. The molecule has 0 amide bonds. The van der Waals surface area contributed by atoms with Gasteiger partial charge in [0.25, 0.3) is 0 Å². The lowest BCUT2D eigenvalue weighted by atomic mass is 10.1. The Kier molecular flexibility index (Phi) is 6.48. The Morgan fingerprint density at radius 1 is 0.935 bits per heavy atom. The zero-order chi connectivity index (χ0) is 21.7. The molecule has 31 heavy (non-hydrogen) atoms. The van der Waals surface area contributed by atoms with E-state index in [-0.39, 0.29) is 5.75 Å². The fourth-order valence-corrected chi connectivity index (χ4v) is 5.13. The van der Waals surface area contributed by atoms with Crippen LogP contribution in [0.2, 0.25) is 0 Å². The van der Waals surface area contributed by atoms with Crippen LogP contribution in [0, 0.1) is 0 Å². The zero-order valence-electron chi connectivity index (χ0n) is 17.5. The predicted molar refractivity (Wildman–Crippen MR) is 122 cm³/mol. The number of hydrogen-bond acceptors (Lipinski definition) is 6. The highest BCUT2D eigenvalue weighted by Gasteiger charge is 2.27. The molecule has 162 valence electrons. The summed E-state index contributed by atoms with van der Waals surface area (Å²) < 4.78 is 32.3. The largest absolute Gasteiger partial charge is 0.497 e. The van der Waals surface area contributed by atoms with Gasteiger partial charge in [0.2, 0.25) is 10.0 Å². The van der Waals surface area contributed by atoms with Gasteiger partial charge in [0.1, 0.15) is 17.9 Å². The van der Waals surface area contributed by atoms with E-state index in [1.165, 1.54) is 0 Å². The predicted octanol–water partition coefficient (Wildman–Crippen LogP) is 2.85. The first-order chi connectivity index (χ1) is 15.0. The molecule has 1 fully saturated rings. The van der Waals surface area contributed by atoms with Crippen LogP contribution in [-0.2, 0) is 16.4 Å². The van der Waals surface area contributed by atoms with Crippen molar-refractivity contribution in [2.75, 3.05) is 43.9 Å². The molecule has 0 radical (unpaired) electrons. The van der Waals surface area contributed by atoms with Crippen molar-refractivity contribution in [2.24, 2.45) is 0 Å². The van der Waals surface area contributed by atoms with E-state index in [0.717, 1.165) is 28.4 Å². The standard InChI is InChI=1S/C23H26N4O3S/c1-30-21-9-7-20(8-10-21)22-17-23(25-18-24-22)26-12-14-27(15-13-26)31(28,29)16-11-19-5-3-2-4-6-19/h2-10,17-18H,11-16H2,1H3. The Balaban J connectivity index is 1.38. The van der Waals surface area contributed by atoms with Crippen molar-refractivity contribution in [2.45, 2.75) is 6.42 Å². The molecular formula is C23H26N4O3S. The number of sulfonamides is 1. The maximum Gasteiger partial charge on any atom is 0.214 e. The number of anilines is 1. The molecule has 0 aliphatic carbocycles. The van der Waals surface area contributed by atoms with E-state index in [0.29, 0.717) is 32.6 Å². The Labute approximate surface area is 183 Å². The summed E-state index contributed by atoms with van der Waals surface area (Å²) in [6.07, 6.45) is 2.08. The van der Waals surface area contributed by atoms with Gasteiger partial charge in [0, 0.05) is 37.8 Å². The molecule has 7 nitrogen and oxygen atoms in total. The average Bonchev–Trinajstić information content (AvgIpc) is 2.84. The molecule has 2 heterocycles. The number of methoxy groups -OCH3 is 1. The highest BCUT2D eigenvalue weighted by Crippen LogP contribution is 2.24. The summed E-state index contributed by atoms with van der Waals surface area (Å²) in [6, 6.07) is 19.4. The smallest absolute Gasteiger partial charge is 0.214 e. The minimum Gasteiger partial charge on any atom is -0.497 e. The molecule has 0 N–H and O–H groups in total. The SMILES string of the molecule is COc1ccc(-c2cc(N3CCN(S(=O)(=O)CCc4ccccc4)CC3)ncn2)cc1. The fraction of sp³-hybridized carbons (Fsp3) is 0.304. The van der Waals surface area contributed by atoms with Gasteiger partial charge in [-0.1, -0.05) is 30.3 Å². The van der Waals surface area contributed by atoms with E-state index in [2.05, 4.69) is 14.9 Å². The number of ether oxygens (including phenoxy) is 1. The Hall–Kier alpha value is -2.97. The highest BCUT2D eigenvalue weighted by atomic mass is 32.2. The third-order valence-electron chi connectivity index (χ3n) is 5.49. The van der Waals surface area contributed by atoms with E-state index < -0.39 is 10.0 Å². The van der Waals surface area contributed by atoms with Crippen molar-refractivity contribution in [3.63, 3.8) is 0 Å². The van der Waals surface area contributed by atoms with Gasteiger partial charge in [0.05, 0.1) is 18.6 Å². The van der Waals surface area contributed by atoms with Gasteiger partial charge in [-0.2, -0.15) is 4.31 Å². The zero-order valence-corrected chi connectivity index (χ0v) is 18.3. The second-order valence-corrected chi connectivity index (χ2v) is 9.52. The third kappa shape index (κ3) is 5.21. The van der Waals surface area contributed by atoms with E-state index in [9.17, 15) is 8.42 Å². The van der Waals surface area contributed by atoms with Crippen molar-refractivity contribution in [3.05, 3.63) is 72.6 Å². The van der Waals surface area contributed by atoms with Gasteiger partial charge in [-0.05, 0) is 36.2 Å². The summed E-state index contributed by atoms with van der Waals surface area (Å²) in [5, 5.41) is 0. The Morgan fingerprint density at radius 3 is 2.32 bits per heavy atom. The molecule has 1 aliphatic heterocycles. The molecule has 4 rings (SSSR count). The first-order valence-electron chi connectivity index (χ1n) is 10.3. The van der Waals surface area contributed by atoms with E-state index >= 15 is 0 Å². The summed E-state index contributed by atoms with van der Waals surface area (Å²) >= 11 is 0. The van der Waals surface area contributed by atoms with Crippen LogP contribution >= 0.6 is 0 Å². The molecule has 0 bridgehead atoms. The second-order valence-electron chi connectivity index (χ2n) is 7.43. The average molecular weight is 439 g/mol. The number of benzene rings is 2. The van der Waals surface area contributed by atoms with E-state index in [4.69, 9.17) is 4.74 Å². The monoisotopic (exact) mass is 438 g/mol. The van der Waals surface area contributed by atoms with Crippen molar-refractivity contribution in [1.82, 2.24) is 14.3 Å². The molecule has 0 unspecified atom stereocenters. The van der Waals surface area contributed by atoms with Gasteiger partial charge >= 0.3 is 0 Å². The topological polar surface area (TPSA) is 75.6 Å². The fourth-order valence-electron chi connectivity index (χ4n) is 3.66. The lowest BCUT2D eigenvalue weighted by Gasteiger charge is -2.34. The van der Waals surface area contributed by atoms with Crippen LogP contribution in [0.25, 0.3) is 11.3 Å². The minimum atomic E-state index is -3.28. The number of aromatic nitrogens is 2. The van der Waals surface area contributed by atoms with Crippen LogP contribution in [0.1, 0.15) is 5.56 Å². The van der Waals surface area contributed by atoms with Crippen LogP contribution in [-0.4, -0.2) is 61.7 Å². The van der Waals surface area contributed by atoms with Gasteiger partial charge in [-0.15, -0.1) is 0 Å². The van der Waals surface area contributed by atoms with Crippen molar-refractivity contribution < 1.29 is 13.2 Å². The number of hydrogen-bond donors (Lipinski definition) is 0. The molecule has 8 heteroatoms. The van der Waals surface area contributed by atoms with Gasteiger partial charge in [-0.3, -0.25) is 0 Å². The third-order valence-corrected chi connectivity index (χ3v) is 7.36. The Morgan fingerprint density at radius 2 is 1.65 bits per heavy atom. The summed E-state index contributed by atoms with van der Waals surface area (Å²) in [5.74, 6) is 1.73. The molecule has 0 saturated carbocycles. The first-order valence-corrected chi connectivity index (χ1v) is 11.9. The normalized spacial score (nSPS) is 15.1. The number of piperazine rings is 1. The molecular weight excluding hydrogens is 412 g/mol. The lowest BCUT2D eigenvalue weighted by molar-refractivity contribution is 0.383. The molecule has 1 aliphatic rings. The van der Waals surface area contributed by atoms with Crippen molar-refractivity contribution in [3.8, 4) is 17.0 Å². The van der Waals surface area contributed by atoms with E-state index in [1.807, 2.05) is 60.7 Å². The number of nitrogens with zero attached hydrogens (tertiary/aromatic N) is 4. The van der Waals surface area contributed by atoms with Crippen LogP contribution in [0.3, 0.4) is 0 Å². The first kappa shape index (κ1) is 21.3. The summed E-state index contributed by atoms with van der Waals surface area (Å²) in [5.41, 5.74) is 2.84. The van der Waals surface area contributed by atoms with Crippen molar-refractivity contribution in [1.29, 1.82) is 0 Å². The van der Waals surface area contributed by atoms with Gasteiger partial charge in [-0.25, -0.2) is 18.4 Å². The molecule has 3 aromatic rings. The van der Waals surface area contributed by atoms with Gasteiger partial charge in [0.15, 0.2) is 0 Å². The molecule has 1 aromatic heterocycles. The van der Waals surface area contributed by atoms with Crippen LogP contribution in [0.4, 0.5) is 5.82 Å². The van der Waals surface area contributed by atoms with Crippen LogP contribution < -0.4 is 9.64 Å². The molecule has 1 saturated heterocycles. The van der Waals surface area contributed by atoms with Crippen LogP contribution in [0.5, 0.6) is 5.75 Å². The quantitative estimate of drug-likeness (QED) is 0.565. The lowest BCUT2D eigenvalue weighted by Crippen LogP contribution is -2.49. The van der Waals surface area contributed by atoms with Crippen LogP contribution in [0.15, 0.2) is 67.0 Å². The maximum atomic E-state index is 12.8. The van der Waals surface area contributed by atoms with E-state index in [1.54, 1.807) is 17.7 Å². The highest BCUT2D eigenvalue weighted by molar-refractivity contribution is 7.89. The number of aryl methyl sites for hydroxylation is 1. The molecule has 0 spiro atoms. The summed E-state index contributed by atoms with van der Waals surface area (Å²) in [4.78, 5) is 10.9. The maximum absolute atomic E-state index is 12.8. The number of rotatable bonds is 7. The molecule has 0 atom stereocenters. The Bertz CT molecular complexity index is 1100. The second kappa shape index (κ2) is 9.45. The molecule has 2 aromatic carbocycles. The van der Waals surface area contributed by atoms with Gasteiger partial charge < -0.3 is 9.64 Å².